The lowest BCUT2D eigenvalue weighted by molar-refractivity contribution is 0.0900. The van der Waals surface area contributed by atoms with E-state index in [1.54, 1.807) is 18.2 Å². The van der Waals surface area contributed by atoms with Gasteiger partial charge in [0.05, 0.1) is 25.3 Å². The van der Waals surface area contributed by atoms with Gasteiger partial charge in [-0.3, -0.25) is 9.69 Å². The van der Waals surface area contributed by atoms with Crippen molar-refractivity contribution < 1.29 is 13.9 Å². The number of nitrogens with one attached hydrogen (secondary N) is 1. The fourth-order valence-electron chi connectivity index (χ4n) is 4.02. The van der Waals surface area contributed by atoms with E-state index in [0.29, 0.717) is 18.8 Å². The fraction of sp³-hybridized carbons (Fsp3) is 0.409. The van der Waals surface area contributed by atoms with E-state index in [1.165, 1.54) is 31.4 Å². The highest BCUT2D eigenvalue weighted by molar-refractivity contribution is 5.95. The highest BCUT2D eigenvalue weighted by Crippen LogP contribution is 2.22. The van der Waals surface area contributed by atoms with Crippen molar-refractivity contribution in [3.05, 3.63) is 59.9 Å². The van der Waals surface area contributed by atoms with Crippen LogP contribution < -0.4 is 5.32 Å². The first-order valence-corrected chi connectivity index (χ1v) is 9.69. The minimum absolute atomic E-state index is 0.0264. The average molecular weight is 368 g/mol. The number of carbonyl (C=O) groups excluding carboxylic acids is 1. The van der Waals surface area contributed by atoms with Crippen molar-refractivity contribution in [2.75, 3.05) is 26.3 Å². The molecule has 0 aliphatic carbocycles. The Labute approximate surface area is 159 Å². The number of hydrogen-bond donors (Lipinski definition) is 1. The van der Waals surface area contributed by atoms with Crippen molar-refractivity contribution in [1.29, 1.82) is 0 Å². The van der Waals surface area contributed by atoms with E-state index in [9.17, 15) is 9.18 Å². The van der Waals surface area contributed by atoms with Crippen LogP contribution in [0.4, 0.5) is 4.39 Å². The summed E-state index contributed by atoms with van der Waals surface area (Å²) in [6, 6.07) is 14.1. The van der Waals surface area contributed by atoms with Gasteiger partial charge in [0.2, 0.25) is 0 Å². The number of piperidine rings is 1. The van der Waals surface area contributed by atoms with Crippen LogP contribution in [0.5, 0.6) is 0 Å². The molecule has 5 heteroatoms. The molecule has 2 aromatic rings. The normalized spacial score (nSPS) is 23.3. The van der Waals surface area contributed by atoms with Gasteiger partial charge in [0.25, 0.3) is 5.91 Å². The summed E-state index contributed by atoms with van der Waals surface area (Å²) >= 11 is 0. The summed E-state index contributed by atoms with van der Waals surface area (Å²) in [6.07, 6.45) is 3.73. The summed E-state index contributed by atoms with van der Waals surface area (Å²) in [5.74, 6) is -0.349. The van der Waals surface area contributed by atoms with Crippen LogP contribution in [0, 0.1) is 5.82 Å². The van der Waals surface area contributed by atoms with Crippen molar-refractivity contribution in [2.24, 2.45) is 0 Å². The largest absolute Gasteiger partial charge is 0.378 e. The molecule has 1 amide bonds. The molecule has 2 aliphatic rings. The minimum atomic E-state index is -0.265. The second-order valence-corrected chi connectivity index (χ2v) is 7.37. The molecule has 0 bridgehead atoms. The van der Waals surface area contributed by atoms with E-state index in [1.807, 2.05) is 18.2 Å². The zero-order valence-corrected chi connectivity index (χ0v) is 15.4. The Bertz CT molecular complexity index is 787. The number of likely N-dealkylation sites (tertiary alicyclic amines) is 1. The van der Waals surface area contributed by atoms with Gasteiger partial charge in [-0.15, -0.1) is 0 Å². The molecule has 2 aliphatic heterocycles. The van der Waals surface area contributed by atoms with Gasteiger partial charge in [-0.05, 0) is 61.3 Å². The molecule has 1 N–H and O–H groups in total. The topological polar surface area (TPSA) is 41.6 Å². The smallest absolute Gasteiger partial charge is 0.251 e. The maximum absolute atomic E-state index is 13.4. The number of benzene rings is 2. The van der Waals surface area contributed by atoms with Crippen LogP contribution in [0.15, 0.2) is 48.5 Å². The summed E-state index contributed by atoms with van der Waals surface area (Å²) in [5, 5.41) is 3.15. The van der Waals surface area contributed by atoms with E-state index >= 15 is 0 Å². The predicted molar refractivity (Wildman–Crippen MR) is 103 cm³/mol. The summed E-state index contributed by atoms with van der Waals surface area (Å²) in [7, 11) is 0. The van der Waals surface area contributed by atoms with Gasteiger partial charge in [0.15, 0.2) is 0 Å². The Morgan fingerprint density at radius 2 is 1.78 bits per heavy atom. The van der Waals surface area contributed by atoms with Crippen LogP contribution in [-0.4, -0.2) is 49.2 Å². The molecule has 4 nitrogen and oxygen atoms in total. The van der Waals surface area contributed by atoms with E-state index in [2.05, 4.69) is 10.2 Å². The maximum Gasteiger partial charge on any atom is 0.251 e. The number of carbonyl (C=O) groups is 1. The van der Waals surface area contributed by atoms with E-state index in [4.69, 9.17) is 4.74 Å². The van der Waals surface area contributed by atoms with Crippen LogP contribution in [0.3, 0.4) is 0 Å². The van der Waals surface area contributed by atoms with Crippen molar-refractivity contribution in [1.82, 2.24) is 10.2 Å². The van der Waals surface area contributed by atoms with E-state index in [-0.39, 0.29) is 23.8 Å². The van der Waals surface area contributed by atoms with Crippen LogP contribution in [0.25, 0.3) is 11.1 Å². The monoisotopic (exact) mass is 368 g/mol. The van der Waals surface area contributed by atoms with Crippen LogP contribution in [0.1, 0.15) is 29.6 Å². The molecule has 0 aromatic heterocycles. The lowest BCUT2D eigenvalue weighted by Gasteiger charge is -2.34. The quantitative estimate of drug-likeness (QED) is 0.898. The molecule has 2 saturated heterocycles. The van der Waals surface area contributed by atoms with Crippen molar-refractivity contribution in [3.63, 3.8) is 0 Å². The SMILES string of the molecule is O=C(N[C@@H]1COC[C@H]1N1CCCCC1)c1ccc(-c2cccc(F)c2)cc1. The lowest BCUT2D eigenvalue weighted by Crippen LogP contribution is -2.52. The molecule has 0 unspecified atom stereocenters. The van der Waals surface area contributed by atoms with Gasteiger partial charge < -0.3 is 10.1 Å². The standard InChI is InChI=1S/C22H25FN2O2/c23-19-6-4-5-18(13-19)16-7-9-17(10-8-16)22(26)24-20-14-27-15-21(20)25-11-2-1-3-12-25/h4-10,13,20-21H,1-3,11-12,14-15H2,(H,24,26)/t20-,21-/m1/s1. The van der Waals surface area contributed by atoms with Crippen molar-refractivity contribution in [2.45, 2.75) is 31.3 Å². The Hall–Kier alpha value is -2.24. The van der Waals surface area contributed by atoms with Crippen LogP contribution in [-0.2, 0) is 4.74 Å². The predicted octanol–water partition coefficient (Wildman–Crippen LogP) is 3.48. The molecule has 2 fully saturated rings. The molecule has 0 radical (unpaired) electrons. The van der Waals surface area contributed by atoms with Gasteiger partial charge in [-0.25, -0.2) is 4.39 Å². The summed E-state index contributed by atoms with van der Waals surface area (Å²) in [6.45, 7) is 3.42. The third kappa shape index (κ3) is 4.20. The first kappa shape index (κ1) is 18.1. The molecule has 2 aromatic carbocycles. The summed E-state index contributed by atoms with van der Waals surface area (Å²) in [5.41, 5.74) is 2.30. The number of halogens is 1. The third-order valence-corrected chi connectivity index (χ3v) is 5.53. The second kappa shape index (κ2) is 8.19. The van der Waals surface area contributed by atoms with Gasteiger partial charge in [0, 0.05) is 5.56 Å². The molecule has 4 rings (SSSR count). The zero-order chi connectivity index (χ0) is 18.6. The number of nitrogens with zero attached hydrogens (tertiary/aromatic N) is 1. The molecule has 0 saturated carbocycles. The Kier molecular flexibility index (Phi) is 5.50. The first-order valence-electron chi connectivity index (χ1n) is 9.69. The Morgan fingerprint density at radius 3 is 2.52 bits per heavy atom. The van der Waals surface area contributed by atoms with Crippen molar-refractivity contribution in [3.8, 4) is 11.1 Å². The highest BCUT2D eigenvalue weighted by atomic mass is 19.1. The number of ether oxygens (including phenoxy) is 1. The third-order valence-electron chi connectivity index (χ3n) is 5.53. The molecule has 2 atom stereocenters. The maximum atomic E-state index is 13.4. The van der Waals surface area contributed by atoms with Gasteiger partial charge >= 0.3 is 0 Å². The highest BCUT2D eigenvalue weighted by Gasteiger charge is 2.34. The zero-order valence-electron chi connectivity index (χ0n) is 15.4. The van der Waals surface area contributed by atoms with Gasteiger partial charge in [-0.2, -0.15) is 0 Å². The van der Waals surface area contributed by atoms with Gasteiger partial charge in [-0.1, -0.05) is 30.7 Å². The summed E-state index contributed by atoms with van der Waals surface area (Å²) in [4.78, 5) is 15.1. The number of hydrogen-bond acceptors (Lipinski definition) is 3. The van der Waals surface area contributed by atoms with E-state index in [0.717, 1.165) is 24.2 Å². The second-order valence-electron chi connectivity index (χ2n) is 7.37. The Balaban J connectivity index is 1.42. The molecule has 0 spiro atoms. The molecular weight excluding hydrogens is 343 g/mol. The molecule has 27 heavy (non-hydrogen) atoms. The van der Waals surface area contributed by atoms with Crippen LogP contribution in [0.2, 0.25) is 0 Å². The summed E-state index contributed by atoms with van der Waals surface area (Å²) < 4.78 is 19.1. The van der Waals surface area contributed by atoms with Gasteiger partial charge in [0.1, 0.15) is 5.82 Å². The number of amides is 1. The van der Waals surface area contributed by atoms with Crippen molar-refractivity contribution >= 4 is 5.91 Å². The average Bonchev–Trinajstić information content (AvgIpc) is 3.17. The fourth-order valence-corrected chi connectivity index (χ4v) is 4.02. The minimum Gasteiger partial charge on any atom is -0.378 e. The lowest BCUT2D eigenvalue weighted by atomic mass is 10.0. The molecule has 2 heterocycles. The first-order chi connectivity index (χ1) is 13.2. The Morgan fingerprint density at radius 1 is 1.00 bits per heavy atom. The van der Waals surface area contributed by atoms with E-state index < -0.39 is 0 Å². The van der Waals surface area contributed by atoms with Crippen LogP contribution >= 0.6 is 0 Å². The molecule has 142 valence electrons. The molecular formula is C22H25FN2O2. The number of rotatable bonds is 4.